The van der Waals surface area contributed by atoms with Crippen LogP contribution in [0.4, 0.5) is 5.69 Å². The molecule has 4 rings (SSSR count). The molecule has 2 aromatic carbocycles. The monoisotopic (exact) mass is 356 g/mol. The first-order valence-corrected chi connectivity index (χ1v) is 8.81. The maximum absolute atomic E-state index is 12.9. The molecule has 5 heteroatoms. The molecule has 1 N–H and O–H groups in total. The predicted octanol–water partition coefficient (Wildman–Crippen LogP) is 4.60. The number of hydrogen-bond donors (Lipinski definition) is 1. The van der Waals surface area contributed by atoms with Gasteiger partial charge in [0.05, 0.1) is 23.1 Å². The van der Waals surface area contributed by atoms with Crippen LogP contribution in [0, 0.1) is 20.8 Å². The number of nitrogens with one attached hydrogen (secondary N) is 1. The number of imidazole rings is 1. The number of anilines is 1. The van der Waals surface area contributed by atoms with Gasteiger partial charge in [-0.2, -0.15) is 0 Å². The van der Waals surface area contributed by atoms with Gasteiger partial charge in [0.25, 0.3) is 5.91 Å². The highest BCUT2D eigenvalue weighted by Gasteiger charge is 2.14. The number of aromatic nitrogens is 3. The van der Waals surface area contributed by atoms with Crippen molar-refractivity contribution in [3.63, 3.8) is 0 Å². The van der Waals surface area contributed by atoms with Crippen LogP contribution in [0.3, 0.4) is 0 Å². The van der Waals surface area contributed by atoms with Crippen molar-refractivity contribution in [3.05, 3.63) is 83.6 Å². The maximum atomic E-state index is 12.9. The Morgan fingerprint density at radius 3 is 2.44 bits per heavy atom. The molecule has 0 spiro atoms. The number of aryl methyl sites for hydroxylation is 2. The molecule has 0 unspecified atom stereocenters. The highest BCUT2D eigenvalue weighted by molar-refractivity contribution is 6.12. The average molecular weight is 356 g/mol. The van der Waals surface area contributed by atoms with E-state index in [4.69, 9.17) is 0 Å². The van der Waals surface area contributed by atoms with Crippen LogP contribution in [0.1, 0.15) is 27.3 Å². The van der Waals surface area contributed by atoms with Gasteiger partial charge < -0.3 is 9.88 Å². The largest absolute Gasteiger partial charge is 0.322 e. The van der Waals surface area contributed by atoms with E-state index in [2.05, 4.69) is 15.3 Å². The van der Waals surface area contributed by atoms with E-state index in [1.807, 2.05) is 80.2 Å². The molecule has 1 amide bonds. The Hall–Kier alpha value is -3.47. The van der Waals surface area contributed by atoms with E-state index in [9.17, 15) is 4.79 Å². The van der Waals surface area contributed by atoms with Crippen molar-refractivity contribution in [2.24, 2.45) is 0 Å². The Labute approximate surface area is 157 Å². The van der Waals surface area contributed by atoms with Gasteiger partial charge in [0.1, 0.15) is 0 Å². The van der Waals surface area contributed by atoms with Crippen LogP contribution in [0.25, 0.3) is 16.6 Å². The van der Waals surface area contributed by atoms with Crippen LogP contribution in [0.2, 0.25) is 0 Å². The van der Waals surface area contributed by atoms with Gasteiger partial charge in [-0.15, -0.1) is 0 Å². The van der Waals surface area contributed by atoms with Gasteiger partial charge in [-0.1, -0.05) is 18.2 Å². The number of rotatable bonds is 3. The lowest BCUT2D eigenvalue weighted by Crippen LogP contribution is -2.14. The van der Waals surface area contributed by atoms with Gasteiger partial charge >= 0.3 is 0 Å². The van der Waals surface area contributed by atoms with Gasteiger partial charge in [-0.05, 0) is 56.7 Å². The fourth-order valence-electron chi connectivity index (χ4n) is 3.19. The van der Waals surface area contributed by atoms with Crippen LogP contribution in [-0.4, -0.2) is 20.4 Å². The standard InChI is InChI=1S/C22H20N4O/c1-14-6-7-17-5-4-12-23-21(17)20(14)22(27)25-18-8-10-19(11-9-18)26-13-24-15(2)16(26)3/h4-13H,1-3H3,(H,25,27). The second kappa shape index (κ2) is 6.68. The lowest BCUT2D eigenvalue weighted by atomic mass is 10.0. The molecule has 0 aliphatic rings. The number of benzene rings is 2. The fraction of sp³-hybridized carbons (Fsp3) is 0.136. The Bertz CT molecular complexity index is 1140. The molecule has 4 aromatic rings. The Balaban J connectivity index is 1.62. The van der Waals surface area contributed by atoms with Gasteiger partial charge in [0, 0.05) is 28.7 Å². The summed E-state index contributed by atoms with van der Waals surface area (Å²) in [7, 11) is 0. The van der Waals surface area contributed by atoms with Crippen molar-refractivity contribution < 1.29 is 4.79 Å². The highest BCUT2D eigenvalue weighted by atomic mass is 16.1. The Kier molecular flexibility index (Phi) is 4.20. The van der Waals surface area contributed by atoms with E-state index in [1.54, 1.807) is 6.20 Å². The highest BCUT2D eigenvalue weighted by Crippen LogP contribution is 2.22. The molecule has 2 heterocycles. The summed E-state index contributed by atoms with van der Waals surface area (Å²) in [6.07, 6.45) is 3.52. The van der Waals surface area contributed by atoms with Crippen molar-refractivity contribution >= 4 is 22.5 Å². The van der Waals surface area contributed by atoms with E-state index in [0.717, 1.165) is 39.2 Å². The minimum Gasteiger partial charge on any atom is -0.322 e. The molecule has 0 saturated carbocycles. The second-order valence-corrected chi connectivity index (χ2v) is 6.62. The molecule has 0 fully saturated rings. The van der Waals surface area contributed by atoms with Crippen molar-refractivity contribution in [3.8, 4) is 5.69 Å². The zero-order valence-electron chi connectivity index (χ0n) is 15.5. The van der Waals surface area contributed by atoms with E-state index >= 15 is 0 Å². The first-order valence-electron chi connectivity index (χ1n) is 8.81. The molecule has 5 nitrogen and oxygen atoms in total. The summed E-state index contributed by atoms with van der Waals surface area (Å²) in [5.74, 6) is -0.154. The molecule has 0 bridgehead atoms. The summed E-state index contributed by atoms with van der Waals surface area (Å²) in [5.41, 5.74) is 6.09. The van der Waals surface area contributed by atoms with Crippen LogP contribution in [-0.2, 0) is 0 Å². The van der Waals surface area contributed by atoms with Crippen LogP contribution in [0.15, 0.2) is 61.1 Å². The quantitative estimate of drug-likeness (QED) is 0.584. The molecule has 27 heavy (non-hydrogen) atoms. The smallest absolute Gasteiger partial charge is 0.258 e. The summed E-state index contributed by atoms with van der Waals surface area (Å²) >= 11 is 0. The van der Waals surface area contributed by atoms with E-state index in [0.29, 0.717) is 5.56 Å². The molecule has 0 atom stereocenters. The fourth-order valence-corrected chi connectivity index (χ4v) is 3.19. The number of amides is 1. The molecule has 0 aliphatic heterocycles. The Morgan fingerprint density at radius 1 is 0.963 bits per heavy atom. The van der Waals surface area contributed by atoms with Gasteiger partial charge in [0.15, 0.2) is 0 Å². The number of fused-ring (bicyclic) bond motifs is 1. The number of pyridine rings is 1. The zero-order chi connectivity index (χ0) is 19.0. The summed E-state index contributed by atoms with van der Waals surface area (Å²) in [6, 6.07) is 15.5. The molecule has 134 valence electrons. The number of carbonyl (C=O) groups excluding carboxylic acids is 1. The lowest BCUT2D eigenvalue weighted by Gasteiger charge is -2.11. The zero-order valence-corrected chi connectivity index (χ0v) is 15.5. The Morgan fingerprint density at radius 2 is 1.74 bits per heavy atom. The van der Waals surface area contributed by atoms with Crippen LogP contribution in [0.5, 0.6) is 0 Å². The SMILES string of the molecule is Cc1ccc2cccnc2c1C(=O)Nc1ccc(-n2cnc(C)c2C)cc1. The van der Waals surface area contributed by atoms with Crippen molar-refractivity contribution in [1.29, 1.82) is 0 Å². The van der Waals surface area contributed by atoms with Crippen molar-refractivity contribution in [2.45, 2.75) is 20.8 Å². The van der Waals surface area contributed by atoms with Gasteiger partial charge in [-0.25, -0.2) is 4.98 Å². The van der Waals surface area contributed by atoms with Crippen LogP contribution >= 0.6 is 0 Å². The van der Waals surface area contributed by atoms with Gasteiger partial charge in [-0.3, -0.25) is 9.78 Å². The first kappa shape index (κ1) is 17.0. The number of hydrogen-bond acceptors (Lipinski definition) is 3. The first-order chi connectivity index (χ1) is 13.0. The van der Waals surface area contributed by atoms with Gasteiger partial charge in [0.2, 0.25) is 0 Å². The third-order valence-electron chi connectivity index (χ3n) is 4.87. The molecule has 0 radical (unpaired) electrons. The second-order valence-electron chi connectivity index (χ2n) is 6.62. The van der Waals surface area contributed by atoms with Crippen molar-refractivity contribution in [1.82, 2.24) is 14.5 Å². The minimum atomic E-state index is -0.154. The molecule has 0 aliphatic carbocycles. The normalized spacial score (nSPS) is 10.9. The summed E-state index contributed by atoms with van der Waals surface area (Å²) in [4.78, 5) is 21.6. The maximum Gasteiger partial charge on any atom is 0.258 e. The minimum absolute atomic E-state index is 0.154. The number of nitrogens with zero attached hydrogens (tertiary/aromatic N) is 3. The van der Waals surface area contributed by atoms with E-state index in [1.165, 1.54) is 0 Å². The molecule has 0 saturated heterocycles. The average Bonchev–Trinajstić information content (AvgIpc) is 3.01. The molecular formula is C22H20N4O. The van der Waals surface area contributed by atoms with E-state index in [-0.39, 0.29) is 5.91 Å². The predicted molar refractivity (Wildman–Crippen MR) is 107 cm³/mol. The molecule has 2 aromatic heterocycles. The van der Waals surface area contributed by atoms with E-state index < -0.39 is 0 Å². The lowest BCUT2D eigenvalue weighted by molar-refractivity contribution is 0.102. The topological polar surface area (TPSA) is 59.8 Å². The third-order valence-corrected chi connectivity index (χ3v) is 4.87. The summed E-state index contributed by atoms with van der Waals surface area (Å²) in [5, 5.41) is 3.94. The van der Waals surface area contributed by atoms with Crippen LogP contribution < -0.4 is 5.32 Å². The van der Waals surface area contributed by atoms with Crippen molar-refractivity contribution in [2.75, 3.05) is 5.32 Å². The third kappa shape index (κ3) is 3.08. The molecular weight excluding hydrogens is 336 g/mol. The number of carbonyl (C=O) groups is 1. The summed E-state index contributed by atoms with van der Waals surface area (Å²) in [6.45, 7) is 5.95. The summed E-state index contributed by atoms with van der Waals surface area (Å²) < 4.78 is 2.03.